The summed E-state index contributed by atoms with van der Waals surface area (Å²) in [6.45, 7) is 2.78. The number of aliphatic carboxylic acids is 1. The van der Waals surface area contributed by atoms with Crippen molar-refractivity contribution in [2.24, 2.45) is 0 Å². The van der Waals surface area contributed by atoms with Gasteiger partial charge in [-0.1, -0.05) is 29.8 Å². The van der Waals surface area contributed by atoms with Crippen LogP contribution in [0.4, 0.5) is 0 Å². The second kappa shape index (κ2) is 5.35. The molecule has 0 aromatic heterocycles. The number of rotatable bonds is 2. The summed E-state index contributed by atoms with van der Waals surface area (Å²) in [4.78, 5) is 25.9. The van der Waals surface area contributed by atoms with Gasteiger partial charge in [-0.2, -0.15) is 0 Å². The predicted octanol–water partition coefficient (Wildman–Crippen LogP) is 2.70. The molecule has 0 radical (unpaired) electrons. The average Bonchev–Trinajstić information content (AvgIpc) is 2.91. The van der Waals surface area contributed by atoms with Crippen molar-refractivity contribution in [2.75, 3.05) is 6.54 Å². The fraction of sp³-hybridized carbons (Fsp3) is 0.412. The van der Waals surface area contributed by atoms with Crippen molar-refractivity contribution in [1.29, 1.82) is 0 Å². The van der Waals surface area contributed by atoms with E-state index in [0.717, 1.165) is 41.5 Å². The van der Waals surface area contributed by atoms with Crippen molar-refractivity contribution in [3.63, 3.8) is 0 Å². The lowest BCUT2D eigenvalue weighted by Crippen LogP contribution is -2.41. The summed E-state index contributed by atoms with van der Waals surface area (Å²) >= 11 is 0. The van der Waals surface area contributed by atoms with Crippen LogP contribution >= 0.6 is 0 Å². The lowest BCUT2D eigenvalue weighted by molar-refractivity contribution is -0.140. The van der Waals surface area contributed by atoms with Gasteiger partial charge in [-0.05, 0) is 37.3 Å². The van der Waals surface area contributed by atoms with Gasteiger partial charge in [0.05, 0.1) is 5.92 Å². The fourth-order valence-electron chi connectivity index (χ4n) is 3.35. The summed E-state index contributed by atoms with van der Waals surface area (Å²) in [5.74, 6) is -1.47. The number of amides is 1. The molecule has 1 amide bonds. The van der Waals surface area contributed by atoms with E-state index in [1.165, 1.54) is 0 Å². The first kappa shape index (κ1) is 13.9. The third-order valence-corrected chi connectivity index (χ3v) is 4.53. The van der Waals surface area contributed by atoms with E-state index in [0.29, 0.717) is 6.54 Å². The van der Waals surface area contributed by atoms with Crippen molar-refractivity contribution < 1.29 is 14.7 Å². The van der Waals surface area contributed by atoms with Crippen molar-refractivity contribution in [3.05, 3.63) is 46.5 Å². The number of hydrogen-bond donors (Lipinski definition) is 1. The molecule has 1 N–H and O–H groups in total. The third kappa shape index (κ3) is 2.46. The molecular weight excluding hydrogens is 266 g/mol. The number of carboxylic acid groups (broad SMARTS) is 1. The Kier molecular flexibility index (Phi) is 3.53. The number of fused-ring (bicyclic) bond motifs is 1. The predicted molar refractivity (Wildman–Crippen MR) is 78.8 cm³/mol. The Balaban J connectivity index is 1.92. The van der Waals surface area contributed by atoms with Gasteiger partial charge in [-0.25, -0.2) is 0 Å². The number of nitrogens with zero attached hydrogens (tertiary/aromatic N) is 1. The zero-order valence-corrected chi connectivity index (χ0v) is 12.1. The highest BCUT2D eigenvalue weighted by atomic mass is 16.4. The smallest absolute Gasteiger partial charge is 0.312 e. The first-order chi connectivity index (χ1) is 10.1. The molecule has 0 saturated heterocycles. The maximum absolute atomic E-state index is 12.7. The number of benzene rings is 1. The van der Waals surface area contributed by atoms with E-state index >= 15 is 0 Å². The lowest BCUT2D eigenvalue weighted by Gasteiger charge is -2.33. The van der Waals surface area contributed by atoms with E-state index in [4.69, 9.17) is 0 Å². The standard InChI is InChI=1S/C17H19NO3/c1-11-5-4-8-13(11)16(19)18-9-12-6-2-3-7-14(12)15(10-18)17(20)21/h2-3,6-7,15H,4-5,8-10H2,1H3,(H,20,21). The maximum atomic E-state index is 12.7. The summed E-state index contributed by atoms with van der Waals surface area (Å²) in [5.41, 5.74) is 3.83. The molecule has 4 nitrogen and oxygen atoms in total. The molecule has 1 aromatic rings. The summed E-state index contributed by atoms with van der Waals surface area (Å²) < 4.78 is 0. The topological polar surface area (TPSA) is 57.6 Å². The molecule has 1 unspecified atom stereocenters. The molecule has 3 rings (SSSR count). The van der Waals surface area contributed by atoms with Crippen molar-refractivity contribution in [2.45, 2.75) is 38.6 Å². The SMILES string of the molecule is CC1=C(C(=O)N2Cc3ccccc3C(C(=O)O)C2)CCC1. The van der Waals surface area contributed by atoms with E-state index in [1.807, 2.05) is 31.2 Å². The van der Waals surface area contributed by atoms with Crippen LogP contribution in [0, 0.1) is 0 Å². The molecular formula is C17H19NO3. The minimum atomic E-state index is -0.864. The van der Waals surface area contributed by atoms with Gasteiger partial charge in [0.25, 0.3) is 0 Å². The molecule has 0 saturated carbocycles. The Morgan fingerprint density at radius 2 is 2.00 bits per heavy atom. The Morgan fingerprint density at radius 3 is 2.67 bits per heavy atom. The maximum Gasteiger partial charge on any atom is 0.312 e. The Hall–Kier alpha value is -2.10. The first-order valence-corrected chi connectivity index (χ1v) is 7.36. The molecule has 2 aliphatic rings. The van der Waals surface area contributed by atoms with E-state index in [2.05, 4.69) is 0 Å². The van der Waals surface area contributed by atoms with E-state index < -0.39 is 11.9 Å². The van der Waals surface area contributed by atoms with Gasteiger partial charge in [-0.3, -0.25) is 9.59 Å². The van der Waals surface area contributed by atoms with E-state index in [1.54, 1.807) is 4.90 Å². The van der Waals surface area contributed by atoms with Crippen molar-refractivity contribution in [1.82, 2.24) is 4.90 Å². The Morgan fingerprint density at radius 1 is 1.24 bits per heavy atom. The highest BCUT2D eigenvalue weighted by molar-refractivity contribution is 5.95. The number of carbonyl (C=O) groups is 2. The second-order valence-electron chi connectivity index (χ2n) is 5.89. The zero-order valence-electron chi connectivity index (χ0n) is 12.1. The van der Waals surface area contributed by atoms with Crippen LogP contribution in [-0.4, -0.2) is 28.4 Å². The number of allylic oxidation sites excluding steroid dienone is 1. The number of carbonyl (C=O) groups excluding carboxylic acids is 1. The van der Waals surface area contributed by atoms with Gasteiger partial charge >= 0.3 is 5.97 Å². The molecule has 1 aromatic carbocycles. The van der Waals surface area contributed by atoms with Gasteiger partial charge in [0.15, 0.2) is 0 Å². The zero-order chi connectivity index (χ0) is 15.0. The molecule has 110 valence electrons. The molecule has 0 spiro atoms. The van der Waals surface area contributed by atoms with E-state index in [9.17, 15) is 14.7 Å². The second-order valence-corrected chi connectivity index (χ2v) is 5.89. The van der Waals surface area contributed by atoms with Crippen molar-refractivity contribution in [3.8, 4) is 0 Å². The summed E-state index contributed by atoms with van der Waals surface area (Å²) in [6, 6.07) is 7.53. The Bertz CT molecular complexity index is 633. The van der Waals surface area contributed by atoms with Crippen LogP contribution in [0.2, 0.25) is 0 Å². The number of carboxylic acids is 1. The van der Waals surface area contributed by atoms with Crippen LogP contribution in [0.15, 0.2) is 35.4 Å². The van der Waals surface area contributed by atoms with Crippen LogP contribution in [-0.2, 0) is 16.1 Å². The average molecular weight is 285 g/mol. The van der Waals surface area contributed by atoms with E-state index in [-0.39, 0.29) is 12.5 Å². The number of hydrogen-bond acceptors (Lipinski definition) is 2. The van der Waals surface area contributed by atoms with Crippen LogP contribution < -0.4 is 0 Å². The molecule has 1 atom stereocenters. The molecule has 1 aliphatic carbocycles. The van der Waals surface area contributed by atoms with Gasteiger partial charge in [0, 0.05) is 18.7 Å². The lowest BCUT2D eigenvalue weighted by atomic mass is 9.89. The van der Waals surface area contributed by atoms with Crippen LogP contribution in [0.5, 0.6) is 0 Å². The highest BCUT2D eigenvalue weighted by Gasteiger charge is 2.34. The van der Waals surface area contributed by atoms with Crippen LogP contribution in [0.25, 0.3) is 0 Å². The highest BCUT2D eigenvalue weighted by Crippen LogP contribution is 2.32. The molecule has 0 bridgehead atoms. The molecule has 1 aliphatic heterocycles. The summed E-state index contributed by atoms with van der Waals surface area (Å²) in [6.07, 6.45) is 2.83. The van der Waals surface area contributed by atoms with Gasteiger partial charge in [-0.15, -0.1) is 0 Å². The van der Waals surface area contributed by atoms with Crippen LogP contribution in [0.3, 0.4) is 0 Å². The summed E-state index contributed by atoms with van der Waals surface area (Å²) in [5, 5.41) is 9.45. The molecule has 1 heterocycles. The normalized spacial score (nSPS) is 21.4. The third-order valence-electron chi connectivity index (χ3n) is 4.53. The van der Waals surface area contributed by atoms with Crippen molar-refractivity contribution >= 4 is 11.9 Å². The molecule has 0 fully saturated rings. The van der Waals surface area contributed by atoms with Gasteiger partial charge < -0.3 is 10.0 Å². The quantitative estimate of drug-likeness (QED) is 0.909. The van der Waals surface area contributed by atoms with Gasteiger partial charge in [0.1, 0.15) is 0 Å². The summed E-state index contributed by atoms with van der Waals surface area (Å²) in [7, 11) is 0. The minimum Gasteiger partial charge on any atom is -0.481 e. The monoisotopic (exact) mass is 285 g/mol. The Labute approximate surface area is 124 Å². The largest absolute Gasteiger partial charge is 0.481 e. The minimum absolute atomic E-state index is 0.0192. The molecule has 4 heteroatoms. The fourth-order valence-corrected chi connectivity index (χ4v) is 3.35. The molecule has 21 heavy (non-hydrogen) atoms. The van der Waals surface area contributed by atoms with Gasteiger partial charge in [0.2, 0.25) is 5.91 Å². The first-order valence-electron chi connectivity index (χ1n) is 7.36. The van der Waals surface area contributed by atoms with Crippen LogP contribution in [0.1, 0.15) is 43.2 Å².